The number of hydrogen-bond acceptors (Lipinski definition) is 7. The highest BCUT2D eigenvalue weighted by atomic mass is 16.7. The summed E-state index contributed by atoms with van der Waals surface area (Å²) in [6.45, 7) is 3.24. The Morgan fingerprint density at radius 2 is 1.88 bits per heavy atom. The summed E-state index contributed by atoms with van der Waals surface area (Å²) in [5.74, 6) is -0.947. The molecule has 7 heteroatoms. The predicted octanol–water partition coefficient (Wildman–Crippen LogP) is -2.48. The molecule has 0 radical (unpaired) electrons. The molecule has 0 aliphatic carbocycles. The van der Waals surface area contributed by atoms with Crippen LogP contribution >= 0.6 is 0 Å². The molecule has 0 unspecified atom stereocenters. The number of carbonyl (C=O) groups excluding carboxylic acids is 1. The van der Waals surface area contributed by atoms with E-state index in [1.165, 1.54) is 6.08 Å². The number of rotatable bonds is 3. The molecule has 7 nitrogen and oxygen atoms in total. The first kappa shape index (κ1) is 13.1. The molecule has 0 spiro atoms. The number of ether oxygens (including phenoxy) is 2. The lowest BCUT2D eigenvalue weighted by molar-refractivity contribution is -0.280. The summed E-state index contributed by atoms with van der Waals surface area (Å²) in [7, 11) is 0. The van der Waals surface area contributed by atoms with Gasteiger partial charge in [-0.1, -0.05) is 12.7 Å². The molecule has 5 atom stereocenters. The van der Waals surface area contributed by atoms with Crippen LogP contribution in [0, 0.1) is 0 Å². The molecule has 0 saturated carbocycles. The Balaban J connectivity index is 2.66. The van der Waals surface area contributed by atoms with Gasteiger partial charge in [0.05, 0.1) is 0 Å². The summed E-state index contributed by atoms with van der Waals surface area (Å²) in [6, 6.07) is 0. The SMILES string of the molecule is C=CCOC(=O)[C@@H]1O[C@H](O)[C@H](O)[C@@H](O)[C@@H]1O. The Kier molecular flexibility index (Phi) is 4.39. The second kappa shape index (κ2) is 5.37. The molecule has 0 amide bonds. The molecule has 0 aromatic heterocycles. The molecule has 92 valence electrons. The highest BCUT2D eigenvalue weighted by molar-refractivity contribution is 5.75. The number of aliphatic hydroxyl groups is 4. The fraction of sp³-hybridized carbons (Fsp3) is 0.667. The Morgan fingerprint density at radius 3 is 2.44 bits per heavy atom. The standard InChI is InChI=1S/C9H14O7/c1-2-3-15-9(14)7-5(11)4(10)6(12)8(13)16-7/h2,4-8,10-13H,1,3H2/t4-,5-,6+,7+,8-/m0/s1. The van der Waals surface area contributed by atoms with Gasteiger partial charge >= 0.3 is 5.97 Å². The van der Waals surface area contributed by atoms with Gasteiger partial charge in [-0.3, -0.25) is 0 Å². The van der Waals surface area contributed by atoms with E-state index >= 15 is 0 Å². The van der Waals surface area contributed by atoms with Gasteiger partial charge in [-0.15, -0.1) is 0 Å². The van der Waals surface area contributed by atoms with Gasteiger partial charge in [0.2, 0.25) is 0 Å². The quantitative estimate of drug-likeness (QED) is 0.315. The van der Waals surface area contributed by atoms with Gasteiger partial charge in [0.15, 0.2) is 12.4 Å². The van der Waals surface area contributed by atoms with E-state index in [9.17, 15) is 15.0 Å². The van der Waals surface area contributed by atoms with Crippen molar-refractivity contribution >= 4 is 5.97 Å². The van der Waals surface area contributed by atoms with E-state index in [-0.39, 0.29) is 6.61 Å². The number of esters is 1. The van der Waals surface area contributed by atoms with E-state index in [2.05, 4.69) is 16.1 Å². The Labute approximate surface area is 91.5 Å². The van der Waals surface area contributed by atoms with Crippen molar-refractivity contribution in [3.05, 3.63) is 12.7 Å². The lowest BCUT2D eigenvalue weighted by Gasteiger charge is -2.36. The van der Waals surface area contributed by atoms with Crippen molar-refractivity contribution in [2.75, 3.05) is 6.61 Å². The zero-order valence-corrected chi connectivity index (χ0v) is 8.39. The molecule has 4 N–H and O–H groups in total. The molecule has 16 heavy (non-hydrogen) atoms. The topological polar surface area (TPSA) is 116 Å². The van der Waals surface area contributed by atoms with Crippen LogP contribution in [-0.2, 0) is 14.3 Å². The lowest BCUT2D eigenvalue weighted by Crippen LogP contribution is -2.59. The minimum atomic E-state index is -1.75. The summed E-state index contributed by atoms with van der Waals surface area (Å²) in [6.07, 6.45) is -6.97. The van der Waals surface area contributed by atoms with Crippen LogP contribution in [0.5, 0.6) is 0 Å². The normalized spacial score (nSPS) is 39.1. The van der Waals surface area contributed by atoms with Crippen molar-refractivity contribution in [2.24, 2.45) is 0 Å². The van der Waals surface area contributed by atoms with Gasteiger partial charge in [-0.05, 0) is 0 Å². The van der Waals surface area contributed by atoms with Crippen LogP contribution in [0.15, 0.2) is 12.7 Å². The average molecular weight is 234 g/mol. The summed E-state index contributed by atoms with van der Waals surface area (Å²) in [5.41, 5.74) is 0. The van der Waals surface area contributed by atoms with Crippen LogP contribution in [0.4, 0.5) is 0 Å². The molecule has 1 saturated heterocycles. The minimum Gasteiger partial charge on any atom is -0.459 e. The smallest absolute Gasteiger partial charge is 0.338 e. The number of carbonyl (C=O) groups is 1. The fourth-order valence-electron chi connectivity index (χ4n) is 1.28. The molecule has 1 heterocycles. The third kappa shape index (κ3) is 2.57. The van der Waals surface area contributed by atoms with E-state index in [1.54, 1.807) is 0 Å². The fourth-order valence-corrected chi connectivity index (χ4v) is 1.28. The van der Waals surface area contributed by atoms with Gasteiger partial charge in [0.1, 0.15) is 24.9 Å². The summed E-state index contributed by atoms with van der Waals surface area (Å²) < 4.78 is 9.21. The highest BCUT2D eigenvalue weighted by Gasteiger charge is 2.46. The number of aliphatic hydroxyl groups excluding tert-OH is 4. The second-order valence-electron chi connectivity index (χ2n) is 3.34. The molecule has 1 fully saturated rings. The van der Waals surface area contributed by atoms with Crippen molar-refractivity contribution in [2.45, 2.75) is 30.7 Å². The summed E-state index contributed by atoms with van der Waals surface area (Å²) in [4.78, 5) is 11.3. The van der Waals surface area contributed by atoms with E-state index in [0.717, 1.165) is 0 Å². The Morgan fingerprint density at radius 1 is 1.25 bits per heavy atom. The highest BCUT2D eigenvalue weighted by Crippen LogP contribution is 2.20. The van der Waals surface area contributed by atoms with E-state index in [1.807, 2.05) is 0 Å². The maximum absolute atomic E-state index is 11.3. The van der Waals surface area contributed by atoms with E-state index < -0.39 is 36.7 Å². The van der Waals surface area contributed by atoms with Crippen LogP contribution in [0.1, 0.15) is 0 Å². The predicted molar refractivity (Wildman–Crippen MR) is 50.1 cm³/mol. The van der Waals surface area contributed by atoms with Crippen LogP contribution < -0.4 is 0 Å². The van der Waals surface area contributed by atoms with Gasteiger partial charge < -0.3 is 29.9 Å². The van der Waals surface area contributed by atoms with Gasteiger partial charge in [-0.25, -0.2) is 4.79 Å². The van der Waals surface area contributed by atoms with Crippen LogP contribution in [0.3, 0.4) is 0 Å². The molecular weight excluding hydrogens is 220 g/mol. The first-order valence-corrected chi connectivity index (χ1v) is 4.64. The Hall–Kier alpha value is -0.990. The first-order valence-electron chi connectivity index (χ1n) is 4.64. The third-order valence-corrected chi connectivity index (χ3v) is 2.16. The molecule has 0 aromatic carbocycles. The average Bonchev–Trinajstić information content (AvgIpc) is 2.28. The molecular formula is C9H14O7. The monoisotopic (exact) mass is 234 g/mol. The maximum Gasteiger partial charge on any atom is 0.338 e. The zero-order valence-electron chi connectivity index (χ0n) is 8.39. The van der Waals surface area contributed by atoms with E-state index in [0.29, 0.717) is 0 Å². The van der Waals surface area contributed by atoms with Crippen molar-refractivity contribution in [1.29, 1.82) is 0 Å². The zero-order chi connectivity index (χ0) is 12.3. The summed E-state index contributed by atoms with van der Waals surface area (Å²) >= 11 is 0. The van der Waals surface area contributed by atoms with Crippen molar-refractivity contribution in [3.63, 3.8) is 0 Å². The van der Waals surface area contributed by atoms with Gasteiger partial charge in [0.25, 0.3) is 0 Å². The van der Waals surface area contributed by atoms with Crippen LogP contribution in [0.25, 0.3) is 0 Å². The van der Waals surface area contributed by atoms with Crippen molar-refractivity contribution < 1.29 is 34.7 Å². The van der Waals surface area contributed by atoms with Crippen LogP contribution in [0.2, 0.25) is 0 Å². The molecule has 1 rings (SSSR count). The Bertz CT molecular complexity index is 267. The second-order valence-corrected chi connectivity index (χ2v) is 3.34. The summed E-state index contributed by atoms with van der Waals surface area (Å²) in [5, 5.41) is 37.0. The van der Waals surface area contributed by atoms with Gasteiger partial charge in [0, 0.05) is 0 Å². The van der Waals surface area contributed by atoms with E-state index in [4.69, 9.17) is 10.2 Å². The third-order valence-electron chi connectivity index (χ3n) is 2.16. The minimum absolute atomic E-state index is 0.0832. The van der Waals surface area contributed by atoms with Crippen LogP contribution in [-0.4, -0.2) is 63.7 Å². The first-order chi connectivity index (χ1) is 7.49. The molecule has 1 aliphatic rings. The lowest BCUT2D eigenvalue weighted by atomic mass is 9.99. The van der Waals surface area contributed by atoms with Crippen molar-refractivity contribution in [1.82, 2.24) is 0 Å². The van der Waals surface area contributed by atoms with Gasteiger partial charge in [-0.2, -0.15) is 0 Å². The van der Waals surface area contributed by atoms with Crippen molar-refractivity contribution in [3.8, 4) is 0 Å². The maximum atomic E-state index is 11.3. The largest absolute Gasteiger partial charge is 0.459 e. The molecule has 0 aromatic rings. The molecule has 0 bridgehead atoms. The number of hydrogen-bond donors (Lipinski definition) is 4. The molecule has 1 aliphatic heterocycles.